The Hall–Kier alpha value is -1.12. The second-order valence-electron chi connectivity index (χ2n) is 5.67. The molecule has 0 aliphatic carbocycles. The molecule has 1 N–H and O–H groups in total. The smallest absolute Gasteiger partial charge is 0.0308 e. The zero-order valence-electron chi connectivity index (χ0n) is 13.5. The van der Waals surface area contributed by atoms with Crippen molar-refractivity contribution >= 4 is 11.3 Å². The van der Waals surface area contributed by atoms with Gasteiger partial charge in [0.15, 0.2) is 0 Å². The van der Waals surface area contributed by atoms with Gasteiger partial charge in [-0.05, 0) is 54.3 Å². The summed E-state index contributed by atoms with van der Waals surface area (Å²) in [5.74, 6) is 0. The Kier molecular flexibility index (Phi) is 6.47. The summed E-state index contributed by atoms with van der Waals surface area (Å²) in [6.07, 6.45) is 4.88. The summed E-state index contributed by atoms with van der Waals surface area (Å²) in [6.45, 7) is 7.69. The van der Waals surface area contributed by atoms with Gasteiger partial charge in [-0.15, -0.1) is 11.3 Å². The fourth-order valence-corrected chi connectivity index (χ4v) is 3.48. The van der Waals surface area contributed by atoms with Gasteiger partial charge in [0, 0.05) is 17.5 Å². The summed E-state index contributed by atoms with van der Waals surface area (Å²) < 4.78 is 0. The highest BCUT2D eigenvalue weighted by Gasteiger charge is 2.07. The lowest BCUT2D eigenvalue weighted by Crippen LogP contribution is -2.18. The lowest BCUT2D eigenvalue weighted by molar-refractivity contribution is 0.577. The third-order valence-electron chi connectivity index (χ3n) is 4.09. The van der Waals surface area contributed by atoms with Crippen LogP contribution in [0.25, 0.3) is 0 Å². The number of benzene rings is 1. The van der Waals surface area contributed by atoms with Crippen molar-refractivity contribution in [2.45, 2.75) is 59.0 Å². The molecule has 114 valence electrons. The minimum atomic E-state index is 0.400. The van der Waals surface area contributed by atoms with Gasteiger partial charge >= 0.3 is 0 Å². The van der Waals surface area contributed by atoms with Crippen LogP contribution in [0.5, 0.6) is 0 Å². The van der Waals surface area contributed by atoms with Crippen LogP contribution in [0.3, 0.4) is 0 Å². The van der Waals surface area contributed by atoms with E-state index in [1.54, 1.807) is 0 Å². The number of unbranched alkanes of at least 4 members (excludes halogenated alkanes) is 1. The number of aryl methyl sites for hydroxylation is 2. The fraction of sp³-hybridized carbons (Fsp3) is 0.474. The summed E-state index contributed by atoms with van der Waals surface area (Å²) in [5, 5.41) is 5.85. The van der Waals surface area contributed by atoms with Crippen LogP contribution in [0.15, 0.2) is 35.7 Å². The molecule has 1 nitrogen and oxygen atoms in total. The summed E-state index contributed by atoms with van der Waals surface area (Å²) in [6, 6.07) is 11.8. The van der Waals surface area contributed by atoms with Crippen molar-refractivity contribution < 1.29 is 0 Å². The largest absolute Gasteiger partial charge is 0.305 e. The monoisotopic (exact) mass is 301 g/mol. The van der Waals surface area contributed by atoms with E-state index in [1.807, 2.05) is 11.3 Å². The zero-order valence-corrected chi connectivity index (χ0v) is 14.3. The maximum absolute atomic E-state index is 3.65. The molecular weight excluding hydrogens is 274 g/mol. The number of hydrogen-bond donors (Lipinski definition) is 1. The SMILES string of the molecule is CCCCc1ccc(C(C)NCc2sccc2CC)cc1. The summed E-state index contributed by atoms with van der Waals surface area (Å²) >= 11 is 1.86. The van der Waals surface area contributed by atoms with E-state index >= 15 is 0 Å². The van der Waals surface area contributed by atoms with E-state index in [4.69, 9.17) is 0 Å². The van der Waals surface area contributed by atoms with Gasteiger partial charge < -0.3 is 5.32 Å². The second-order valence-corrected chi connectivity index (χ2v) is 6.67. The first-order chi connectivity index (χ1) is 10.2. The lowest BCUT2D eigenvalue weighted by atomic mass is 10.0. The van der Waals surface area contributed by atoms with Gasteiger partial charge in [-0.1, -0.05) is 44.5 Å². The Labute approximate surface area is 133 Å². The Morgan fingerprint density at radius 3 is 2.52 bits per heavy atom. The molecule has 1 atom stereocenters. The van der Waals surface area contributed by atoms with E-state index in [1.165, 1.54) is 40.8 Å². The highest BCUT2D eigenvalue weighted by molar-refractivity contribution is 7.10. The lowest BCUT2D eigenvalue weighted by Gasteiger charge is -2.15. The molecule has 1 unspecified atom stereocenters. The van der Waals surface area contributed by atoms with Crippen LogP contribution in [0.4, 0.5) is 0 Å². The second kappa shape index (κ2) is 8.35. The molecule has 0 spiro atoms. The number of rotatable bonds is 8. The Bertz CT molecular complexity index is 527. The van der Waals surface area contributed by atoms with Crippen LogP contribution < -0.4 is 5.32 Å². The average molecular weight is 301 g/mol. The standard InChI is InChI=1S/C19H27NS/c1-4-6-7-16-8-10-18(11-9-16)15(3)20-14-19-17(5-2)12-13-21-19/h8-13,15,20H,4-7,14H2,1-3H3. The van der Waals surface area contributed by atoms with Gasteiger partial charge in [0.2, 0.25) is 0 Å². The molecule has 1 heterocycles. The number of thiophene rings is 1. The first-order valence-corrected chi connectivity index (χ1v) is 9.00. The Morgan fingerprint density at radius 2 is 1.86 bits per heavy atom. The molecule has 0 bridgehead atoms. The van der Waals surface area contributed by atoms with Gasteiger partial charge in [0.1, 0.15) is 0 Å². The van der Waals surface area contributed by atoms with Gasteiger partial charge in [-0.3, -0.25) is 0 Å². The molecule has 0 aliphatic heterocycles. The van der Waals surface area contributed by atoms with Crippen molar-refractivity contribution in [1.29, 1.82) is 0 Å². The van der Waals surface area contributed by atoms with Gasteiger partial charge in [0.05, 0.1) is 0 Å². The van der Waals surface area contributed by atoms with Crippen LogP contribution >= 0.6 is 11.3 Å². The van der Waals surface area contributed by atoms with E-state index in [9.17, 15) is 0 Å². The van der Waals surface area contributed by atoms with Crippen molar-refractivity contribution in [2.75, 3.05) is 0 Å². The summed E-state index contributed by atoms with van der Waals surface area (Å²) in [5.41, 5.74) is 4.32. The Balaban J connectivity index is 1.89. The maximum atomic E-state index is 3.65. The molecule has 1 aromatic carbocycles. The quantitative estimate of drug-likeness (QED) is 0.678. The van der Waals surface area contributed by atoms with Crippen molar-refractivity contribution in [3.05, 3.63) is 57.3 Å². The normalized spacial score (nSPS) is 12.5. The molecular formula is C19H27NS. The van der Waals surface area contributed by atoms with Crippen molar-refractivity contribution in [3.8, 4) is 0 Å². The third kappa shape index (κ3) is 4.69. The van der Waals surface area contributed by atoms with Gasteiger partial charge in [-0.2, -0.15) is 0 Å². The van der Waals surface area contributed by atoms with Crippen LogP contribution in [0.2, 0.25) is 0 Å². The molecule has 2 rings (SSSR count). The maximum Gasteiger partial charge on any atom is 0.0308 e. The fourth-order valence-electron chi connectivity index (χ4n) is 2.55. The zero-order chi connectivity index (χ0) is 15.1. The van der Waals surface area contributed by atoms with E-state index < -0.39 is 0 Å². The van der Waals surface area contributed by atoms with Crippen molar-refractivity contribution in [3.63, 3.8) is 0 Å². The van der Waals surface area contributed by atoms with Crippen molar-refractivity contribution in [2.24, 2.45) is 0 Å². The van der Waals surface area contributed by atoms with E-state index in [0.29, 0.717) is 6.04 Å². The molecule has 2 heteroatoms. The topological polar surface area (TPSA) is 12.0 Å². The van der Waals surface area contributed by atoms with Crippen LogP contribution in [-0.4, -0.2) is 0 Å². The third-order valence-corrected chi connectivity index (χ3v) is 5.05. The number of hydrogen-bond acceptors (Lipinski definition) is 2. The first-order valence-electron chi connectivity index (χ1n) is 8.12. The van der Waals surface area contributed by atoms with Gasteiger partial charge in [-0.25, -0.2) is 0 Å². The highest BCUT2D eigenvalue weighted by Crippen LogP contribution is 2.20. The predicted molar refractivity (Wildman–Crippen MR) is 94.0 cm³/mol. The molecule has 0 fully saturated rings. The Morgan fingerprint density at radius 1 is 1.10 bits per heavy atom. The molecule has 21 heavy (non-hydrogen) atoms. The van der Waals surface area contributed by atoms with Gasteiger partial charge in [0.25, 0.3) is 0 Å². The molecule has 0 radical (unpaired) electrons. The summed E-state index contributed by atoms with van der Waals surface area (Å²) in [4.78, 5) is 1.48. The average Bonchev–Trinajstić information content (AvgIpc) is 2.98. The van der Waals surface area contributed by atoms with Crippen LogP contribution in [0.1, 0.15) is 61.2 Å². The summed E-state index contributed by atoms with van der Waals surface area (Å²) in [7, 11) is 0. The molecule has 2 aromatic rings. The predicted octanol–water partition coefficient (Wildman–Crippen LogP) is 5.50. The molecule has 0 saturated heterocycles. The van der Waals surface area contributed by atoms with E-state index in [-0.39, 0.29) is 0 Å². The van der Waals surface area contributed by atoms with Crippen LogP contribution in [-0.2, 0) is 19.4 Å². The van der Waals surface area contributed by atoms with E-state index in [2.05, 4.69) is 61.8 Å². The molecule has 0 saturated carbocycles. The minimum absolute atomic E-state index is 0.400. The minimum Gasteiger partial charge on any atom is -0.305 e. The molecule has 1 aromatic heterocycles. The van der Waals surface area contributed by atoms with Crippen molar-refractivity contribution in [1.82, 2.24) is 5.32 Å². The number of nitrogens with one attached hydrogen (secondary N) is 1. The van der Waals surface area contributed by atoms with E-state index in [0.717, 1.165) is 13.0 Å². The van der Waals surface area contributed by atoms with Crippen LogP contribution in [0, 0.1) is 0 Å². The first kappa shape index (κ1) is 16.3. The molecule has 0 amide bonds. The highest BCUT2D eigenvalue weighted by atomic mass is 32.1. The molecule has 0 aliphatic rings.